The molecule has 1 amide bonds. The SMILES string of the molecule is CC[C@H](NC(=O)COc1cccc(F)c1)c1ccc(Br)cc1. The van der Waals surface area contributed by atoms with E-state index in [2.05, 4.69) is 21.2 Å². The lowest BCUT2D eigenvalue weighted by Gasteiger charge is -2.17. The van der Waals surface area contributed by atoms with Crippen molar-refractivity contribution in [3.05, 3.63) is 64.4 Å². The molecule has 116 valence electrons. The molecule has 2 aromatic rings. The number of benzene rings is 2. The monoisotopic (exact) mass is 365 g/mol. The van der Waals surface area contributed by atoms with Crippen molar-refractivity contribution in [2.24, 2.45) is 0 Å². The molecule has 0 heterocycles. The summed E-state index contributed by atoms with van der Waals surface area (Å²) in [6, 6.07) is 13.5. The lowest BCUT2D eigenvalue weighted by molar-refractivity contribution is -0.123. The van der Waals surface area contributed by atoms with Gasteiger partial charge in [-0.3, -0.25) is 4.79 Å². The summed E-state index contributed by atoms with van der Waals surface area (Å²) < 4.78 is 19.3. The summed E-state index contributed by atoms with van der Waals surface area (Å²) >= 11 is 3.39. The van der Waals surface area contributed by atoms with Gasteiger partial charge < -0.3 is 10.1 Å². The molecule has 0 aliphatic rings. The highest BCUT2D eigenvalue weighted by Crippen LogP contribution is 2.19. The minimum Gasteiger partial charge on any atom is -0.484 e. The Kier molecular flexibility index (Phi) is 5.95. The van der Waals surface area contributed by atoms with Crippen LogP contribution in [0.2, 0.25) is 0 Å². The lowest BCUT2D eigenvalue weighted by atomic mass is 10.0. The van der Waals surface area contributed by atoms with Gasteiger partial charge in [0.1, 0.15) is 11.6 Å². The number of hydrogen-bond acceptors (Lipinski definition) is 2. The summed E-state index contributed by atoms with van der Waals surface area (Å²) in [5.41, 5.74) is 1.03. The van der Waals surface area contributed by atoms with Gasteiger partial charge in [0.05, 0.1) is 6.04 Å². The van der Waals surface area contributed by atoms with Gasteiger partial charge in [0.15, 0.2) is 6.61 Å². The maximum absolute atomic E-state index is 13.0. The Morgan fingerprint density at radius 1 is 1.27 bits per heavy atom. The van der Waals surface area contributed by atoms with Crippen molar-refractivity contribution in [3.63, 3.8) is 0 Å². The Hall–Kier alpha value is -1.88. The zero-order valence-corrected chi connectivity index (χ0v) is 13.8. The molecular weight excluding hydrogens is 349 g/mol. The maximum Gasteiger partial charge on any atom is 0.258 e. The van der Waals surface area contributed by atoms with Crippen LogP contribution in [0.25, 0.3) is 0 Å². The number of carbonyl (C=O) groups excluding carboxylic acids is 1. The summed E-state index contributed by atoms with van der Waals surface area (Å²) in [4.78, 5) is 12.0. The molecule has 0 unspecified atom stereocenters. The largest absolute Gasteiger partial charge is 0.484 e. The smallest absolute Gasteiger partial charge is 0.258 e. The van der Waals surface area contributed by atoms with Crippen LogP contribution in [0, 0.1) is 5.82 Å². The molecule has 2 aromatic carbocycles. The number of nitrogens with one attached hydrogen (secondary N) is 1. The fourth-order valence-corrected chi connectivity index (χ4v) is 2.32. The second-order valence-electron chi connectivity index (χ2n) is 4.83. The van der Waals surface area contributed by atoms with Crippen molar-refractivity contribution in [1.82, 2.24) is 5.32 Å². The van der Waals surface area contributed by atoms with E-state index in [-0.39, 0.29) is 24.4 Å². The van der Waals surface area contributed by atoms with Crippen LogP contribution in [-0.4, -0.2) is 12.5 Å². The van der Waals surface area contributed by atoms with Crippen molar-refractivity contribution in [3.8, 4) is 5.75 Å². The third kappa shape index (κ3) is 4.84. The van der Waals surface area contributed by atoms with Crippen LogP contribution in [0.5, 0.6) is 5.75 Å². The number of ether oxygens (including phenoxy) is 1. The molecule has 5 heteroatoms. The first-order chi connectivity index (χ1) is 10.6. The van der Waals surface area contributed by atoms with Gasteiger partial charge >= 0.3 is 0 Å². The average Bonchev–Trinajstić information content (AvgIpc) is 2.52. The van der Waals surface area contributed by atoms with Crippen molar-refractivity contribution < 1.29 is 13.9 Å². The molecule has 2 rings (SSSR count). The molecule has 0 spiro atoms. The van der Waals surface area contributed by atoms with E-state index in [0.29, 0.717) is 5.75 Å². The zero-order valence-electron chi connectivity index (χ0n) is 12.2. The van der Waals surface area contributed by atoms with Crippen LogP contribution in [0.3, 0.4) is 0 Å². The Morgan fingerprint density at radius 3 is 2.64 bits per heavy atom. The van der Waals surface area contributed by atoms with Crippen LogP contribution >= 0.6 is 15.9 Å². The van der Waals surface area contributed by atoms with E-state index in [9.17, 15) is 9.18 Å². The summed E-state index contributed by atoms with van der Waals surface area (Å²) in [5.74, 6) is -0.287. The van der Waals surface area contributed by atoms with E-state index in [1.54, 1.807) is 12.1 Å². The van der Waals surface area contributed by atoms with Gasteiger partial charge in [-0.15, -0.1) is 0 Å². The van der Waals surface area contributed by atoms with Crippen LogP contribution in [0.1, 0.15) is 24.9 Å². The zero-order chi connectivity index (χ0) is 15.9. The standard InChI is InChI=1S/C17H17BrFNO2/c1-2-16(12-6-8-13(18)9-7-12)20-17(21)11-22-15-5-3-4-14(19)10-15/h3-10,16H,2,11H2,1H3,(H,20,21)/t16-/m0/s1. The predicted octanol–water partition coefficient (Wildman–Crippen LogP) is 4.23. The van der Waals surface area contributed by atoms with E-state index >= 15 is 0 Å². The first kappa shape index (κ1) is 16.5. The average molecular weight is 366 g/mol. The number of rotatable bonds is 6. The second kappa shape index (κ2) is 7.94. The molecule has 0 bridgehead atoms. The van der Waals surface area contributed by atoms with Gasteiger partial charge in [-0.1, -0.05) is 41.1 Å². The molecule has 0 saturated heterocycles. The van der Waals surface area contributed by atoms with Gasteiger partial charge in [0.25, 0.3) is 5.91 Å². The van der Waals surface area contributed by atoms with E-state index in [0.717, 1.165) is 16.5 Å². The Bertz CT molecular complexity index is 631. The topological polar surface area (TPSA) is 38.3 Å². The van der Waals surface area contributed by atoms with Gasteiger partial charge in [-0.2, -0.15) is 0 Å². The van der Waals surface area contributed by atoms with E-state index in [1.807, 2.05) is 31.2 Å². The molecule has 0 aliphatic carbocycles. The van der Waals surface area contributed by atoms with E-state index in [4.69, 9.17) is 4.74 Å². The van der Waals surface area contributed by atoms with Gasteiger partial charge in [0, 0.05) is 10.5 Å². The Morgan fingerprint density at radius 2 is 2.00 bits per heavy atom. The third-order valence-electron chi connectivity index (χ3n) is 3.18. The van der Waals surface area contributed by atoms with Gasteiger partial charge in [0.2, 0.25) is 0 Å². The molecule has 1 atom stereocenters. The number of carbonyl (C=O) groups is 1. The minimum absolute atomic E-state index is 0.0725. The summed E-state index contributed by atoms with van der Waals surface area (Å²) in [6.45, 7) is 1.86. The third-order valence-corrected chi connectivity index (χ3v) is 3.71. The number of hydrogen-bond donors (Lipinski definition) is 1. The fraction of sp³-hybridized carbons (Fsp3) is 0.235. The van der Waals surface area contributed by atoms with Gasteiger partial charge in [-0.05, 0) is 36.2 Å². The molecule has 0 fully saturated rings. The highest BCUT2D eigenvalue weighted by molar-refractivity contribution is 9.10. The first-order valence-corrected chi connectivity index (χ1v) is 7.81. The van der Waals surface area contributed by atoms with Crippen molar-refractivity contribution >= 4 is 21.8 Å². The van der Waals surface area contributed by atoms with Crippen molar-refractivity contribution in [1.29, 1.82) is 0 Å². The molecule has 0 aromatic heterocycles. The molecular formula is C17H17BrFNO2. The highest BCUT2D eigenvalue weighted by Gasteiger charge is 2.13. The van der Waals surface area contributed by atoms with Crippen molar-refractivity contribution in [2.45, 2.75) is 19.4 Å². The fourth-order valence-electron chi connectivity index (χ4n) is 2.06. The second-order valence-corrected chi connectivity index (χ2v) is 5.74. The summed E-state index contributed by atoms with van der Waals surface area (Å²) in [5, 5.41) is 2.91. The minimum atomic E-state index is -0.390. The normalized spacial score (nSPS) is 11.8. The quantitative estimate of drug-likeness (QED) is 0.831. The van der Waals surface area contributed by atoms with Crippen molar-refractivity contribution in [2.75, 3.05) is 6.61 Å². The molecule has 0 saturated carbocycles. The van der Waals surface area contributed by atoms with Crippen LogP contribution in [-0.2, 0) is 4.79 Å². The molecule has 0 aliphatic heterocycles. The number of halogens is 2. The van der Waals surface area contributed by atoms with E-state index in [1.165, 1.54) is 12.1 Å². The van der Waals surface area contributed by atoms with Crippen LogP contribution in [0.15, 0.2) is 53.0 Å². The molecule has 3 nitrogen and oxygen atoms in total. The molecule has 22 heavy (non-hydrogen) atoms. The highest BCUT2D eigenvalue weighted by atomic mass is 79.9. The Labute approximate surface area is 137 Å². The lowest BCUT2D eigenvalue weighted by Crippen LogP contribution is -2.32. The summed E-state index contributed by atoms with van der Waals surface area (Å²) in [6.07, 6.45) is 0.771. The van der Waals surface area contributed by atoms with Crippen LogP contribution in [0.4, 0.5) is 4.39 Å². The van der Waals surface area contributed by atoms with E-state index < -0.39 is 0 Å². The Balaban J connectivity index is 1.90. The number of amides is 1. The van der Waals surface area contributed by atoms with Gasteiger partial charge in [-0.25, -0.2) is 4.39 Å². The van der Waals surface area contributed by atoms with Crippen LogP contribution < -0.4 is 10.1 Å². The summed E-state index contributed by atoms with van der Waals surface area (Å²) in [7, 11) is 0. The molecule has 0 radical (unpaired) electrons. The predicted molar refractivity (Wildman–Crippen MR) is 87.2 cm³/mol. The maximum atomic E-state index is 13.0. The first-order valence-electron chi connectivity index (χ1n) is 7.01. The molecule has 1 N–H and O–H groups in total.